The van der Waals surface area contributed by atoms with E-state index in [4.69, 9.17) is 9.97 Å². The number of aryl methyl sites for hydroxylation is 2. The van der Waals surface area contributed by atoms with E-state index in [1.54, 1.807) is 0 Å². The Labute approximate surface area is 278 Å². The smallest absolute Gasteiger partial charge is 0.235 e. The van der Waals surface area contributed by atoms with Crippen molar-refractivity contribution in [1.82, 2.24) is 19.1 Å². The average molecular weight is 615 g/mol. The van der Waals surface area contributed by atoms with E-state index in [1.165, 1.54) is 44.1 Å². The third kappa shape index (κ3) is 4.09. The molecule has 1 aliphatic rings. The molecule has 6 aromatic carbocycles. The lowest BCUT2D eigenvalue weighted by atomic mass is 9.83. The van der Waals surface area contributed by atoms with Crippen molar-refractivity contribution in [2.24, 2.45) is 0 Å². The lowest BCUT2D eigenvalue weighted by molar-refractivity contribution is 0.951. The van der Waals surface area contributed by atoms with Gasteiger partial charge in [-0.3, -0.25) is 4.57 Å². The highest BCUT2D eigenvalue weighted by Crippen LogP contribution is 2.43. The molecule has 0 N–H and O–H groups in total. The SMILES string of the molecule is c1ccc(-c2cc(-c3ccccc3)nc(-n3cc(-n4c5ccccc5c5c6c(ccc54)-c4ccccc4CC6)c4ccccc43)n2)cc1. The minimum Gasteiger partial charge on any atom is -0.307 e. The number of hydrogen-bond acceptors (Lipinski definition) is 2. The van der Waals surface area contributed by atoms with Crippen molar-refractivity contribution in [3.8, 4) is 45.3 Å². The lowest BCUT2D eigenvalue weighted by Crippen LogP contribution is -2.04. The molecule has 3 aromatic heterocycles. The van der Waals surface area contributed by atoms with Gasteiger partial charge in [0.05, 0.1) is 33.6 Å². The van der Waals surface area contributed by atoms with Crippen LogP contribution in [0.5, 0.6) is 0 Å². The Morgan fingerprint density at radius 2 is 1.10 bits per heavy atom. The second-order valence-corrected chi connectivity index (χ2v) is 12.6. The zero-order valence-electron chi connectivity index (χ0n) is 26.2. The first-order valence-corrected chi connectivity index (χ1v) is 16.6. The van der Waals surface area contributed by atoms with Crippen molar-refractivity contribution < 1.29 is 0 Å². The lowest BCUT2D eigenvalue weighted by Gasteiger charge is -2.21. The number of para-hydroxylation sites is 2. The summed E-state index contributed by atoms with van der Waals surface area (Å²) < 4.78 is 4.61. The van der Waals surface area contributed by atoms with Gasteiger partial charge in [0.1, 0.15) is 0 Å². The van der Waals surface area contributed by atoms with Crippen LogP contribution in [0, 0.1) is 0 Å². The second-order valence-electron chi connectivity index (χ2n) is 12.6. The number of benzene rings is 6. The summed E-state index contributed by atoms with van der Waals surface area (Å²) >= 11 is 0. The summed E-state index contributed by atoms with van der Waals surface area (Å²) in [5.74, 6) is 0.646. The monoisotopic (exact) mass is 614 g/mol. The topological polar surface area (TPSA) is 35.6 Å². The zero-order chi connectivity index (χ0) is 31.6. The Bertz CT molecular complexity index is 2610. The predicted molar refractivity (Wildman–Crippen MR) is 197 cm³/mol. The van der Waals surface area contributed by atoms with Crippen LogP contribution in [0.15, 0.2) is 158 Å². The van der Waals surface area contributed by atoms with Crippen molar-refractivity contribution >= 4 is 32.7 Å². The van der Waals surface area contributed by atoms with Crippen molar-refractivity contribution in [2.45, 2.75) is 12.8 Å². The maximum atomic E-state index is 5.19. The predicted octanol–water partition coefficient (Wildman–Crippen LogP) is 10.6. The molecule has 0 atom stereocenters. The molecule has 48 heavy (non-hydrogen) atoms. The molecule has 4 nitrogen and oxygen atoms in total. The quantitative estimate of drug-likeness (QED) is 0.198. The fourth-order valence-electron chi connectivity index (χ4n) is 7.73. The summed E-state index contributed by atoms with van der Waals surface area (Å²) in [5.41, 5.74) is 14.1. The number of hydrogen-bond donors (Lipinski definition) is 0. The summed E-state index contributed by atoms with van der Waals surface area (Å²) in [6, 6.07) is 53.8. The molecule has 10 rings (SSSR count). The molecule has 0 saturated carbocycles. The van der Waals surface area contributed by atoms with Crippen LogP contribution in [0.25, 0.3) is 78.0 Å². The van der Waals surface area contributed by atoms with E-state index in [0.717, 1.165) is 51.9 Å². The van der Waals surface area contributed by atoms with Crippen LogP contribution < -0.4 is 0 Å². The maximum Gasteiger partial charge on any atom is 0.235 e. The molecule has 0 spiro atoms. The van der Waals surface area contributed by atoms with Gasteiger partial charge < -0.3 is 4.57 Å². The average Bonchev–Trinajstić information content (AvgIpc) is 3.71. The van der Waals surface area contributed by atoms with E-state index in [9.17, 15) is 0 Å². The molecule has 1 aliphatic carbocycles. The zero-order valence-corrected chi connectivity index (χ0v) is 26.2. The minimum atomic E-state index is 0.646. The molecule has 9 aromatic rings. The fourth-order valence-corrected chi connectivity index (χ4v) is 7.73. The molecule has 4 heteroatoms. The number of fused-ring (bicyclic) bond motifs is 8. The van der Waals surface area contributed by atoms with Crippen LogP contribution in [0.4, 0.5) is 0 Å². The van der Waals surface area contributed by atoms with E-state index >= 15 is 0 Å². The van der Waals surface area contributed by atoms with Gasteiger partial charge in [-0.05, 0) is 59.4 Å². The Kier molecular flexibility index (Phi) is 5.97. The van der Waals surface area contributed by atoms with Crippen LogP contribution >= 0.6 is 0 Å². The normalized spacial score (nSPS) is 12.4. The molecule has 0 fully saturated rings. The van der Waals surface area contributed by atoms with Crippen molar-refractivity contribution in [3.05, 3.63) is 169 Å². The van der Waals surface area contributed by atoms with Crippen molar-refractivity contribution in [3.63, 3.8) is 0 Å². The first kappa shape index (κ1) is 26.9. The van der Waals surface area contributed by atoms with Crippen LogP contribution in [0.3, 0.4) is 0 Å². The third-order valence-corrected chi connectivity index (χ3v) is 9.90. The molecule has 0 amide bonds. The Balaban J connectivity index is 1.24. The summed E-state index contributed by atoms with van der Waals surface area (Å²) in [5, 5.41) is 3.79. The molecule has 0 saturated heterocycles. The molecule has 0 radical (unpaired) electrons. The summed E-state index contributed by atoms with van der Waals surface area (Å²) in [4.78, 5) is 10.4. The van der Waals surface area contributed by atoms with E-state index in [0.29, 0.717) is 5.95 Å². The van der Waals surface area contributed by atoms with Gasteiger partial charge in [0.15, 0.2) is 0 Å². The van der Waals surface area contributed by atoms with Gasteiger partial charge in [0, 0.05) is 33.5 Å². The number of rotatable bonds is 4. The number of aromatic nitrogens is 4. The van der Waals surface area contributed by atoms with Gasteiger partial charge in [-0.2, -0.15) is 0 Å². The van der Waals surface area contributed by atoms with Gasteiger partial charge in [0.2, 0.25) is 5.95 Å². The third-order valence-electron chi connectivity index (χ3n) is 9.90. The van der Waals surface area contributed by atoms with E-state index in [1.807, 2.05) is 12.1 Å². The van der Waals surface area contributed by atoms with E-state index in [-0.39, 0.29) is 0 Å². The molecule has 0 unspecified atom stereocenters. The van der Waals surface area contributed by atoms with Crippen molar-refractivity contribution in [1.29, 1.82) is 0 Å². The van der Waals surface area contributed by atoms with Gasteiger partial charge in [0.25, 0.3) is 0 Å². The van der Waals surface area contributed by atoms with Gasteiger partial charge in [-0.1, -0.05) is 127 Å². The minimum absolute atomic E-state index is 0.646. The Hall–Kier alpha value is -6.26. The molecule has 0 bridgehead atoms. The first-order valence-electron chi connectivity index (χ1n) is 16.6. The molecule has 0 aliphatic heterocycles. The molecule has 226 valence electrons. The largest absolute Gasteiger partial charge is 0.307 e. The Morgan fingerprint density at radius 3 is 1.85 bits per heavy atom. The molecular weight excluding hydrogens is 585 g/mol. The van der Waals surface area contributed by atoms with E-state index in [2.05, 4.69) is 155 Å². The van der Waals surface area contributed by atoms with Crippen LogP contribution in [0.1, 0.15) is 11.1 Å². The van der Waals surface area contributed by atoms with E-state index < -0.39 is 0 Å². The number of nitrogens with zero attached hydrogens (tertiary/aromatic N) is 4. The van der Waals surface area contributed by atoms with Crippen LogP contribution in [-0.4, -0.2) is 19.1 Å². The first-order chi connectivity index (χ1) is 23.8. The summed E-state index contributed by atoms with van der Waals surface area (Å²) in [6.07, 6.45) is 4.31. The summed E-state index contributed by atoms with van der Waals surface area (Å²) in [6.45, 7) is 0. The second kappa shape index (κ2) is 10.6. The highest BCUT2D eigenvalue weighted by molar-refractivity contribution is 6.14. The van der Waals surface area contributed by atoms with Gasteiger partial charge >= 0.3 is 0 Å². The van der Waals surface area contributed by atoms with Gasteiger partial charge in [-0.15, -0.1) is 0 Å². The molecule has 3 heterocycles. The highest BCUT2D eigenvalue weighted by Gasteiger charge is 2.24. The Morgan fingerprint density at radius 1 is 0.479 bits per heavy atom. The fraction of sp³-hybridized carbons (Fsp3) is 0.0455. The van der Waals surface area contributed by atoms with Gasteiger partial charge in [-0.25, -0.2) is 9.97 Å². The van der Waals surface area contributed by atoms with Crippen LogP contribution in [0.2, 0.25) is 0 Å². The van der Waals surface area contributed by atoms with Crippen LogP contribution in [-0.2, 0) is 12.8 Å². The standard InChI is InChI=1S/C44H30N4/c1-3-14-30(15-4-1)37-27-38(31-16-5-2-6-17-31)46-44(45-37)47-28-42(35-19-9-11-21-39(35)47)48-40-22-12-10-20-36(40)43-34-24-23-29-13-7-8-18-32(29)33(34)25-26-41(43)48/h1-22,25-28H,23-24H2. The molecular formula is C44H30N4. The highest BCUT2D eigenvalue weighted by atomic mass is 15.2. The summed E-state index contributed by atoms with van der Waals surface area (Å²) in [7, 11) is 0. The maximum absolute atomic E-state index is 5.19. The van der Waals surface area contributed by atoms with Crippen molar-refractivity contribution in [2.75, 3.05) is 0 Å².